The van der Waals surface area contributed by atoms with Gasteiger partial charge in [0.25, 0.3) is 0 Å². The fourth-order valence-electron chi connectivity index (χ4n) is 3.41. The van der Waals surface area contributed by atoms with Crippen molar-refractivity contribution in [1.82, 2.24) is 15.3 Å². The largest absolute Gasteiger partial charge is 0.346 e. The van der Waals surface area contributed by atoms with Gasteiger partial charge in [-0.05, 0) is 43.4 Å². The van der Waals surface area contributed by atoms with E-state index < -0.39 is 0 Å². The first-order valence-electron chi connectivity index (χ1n) is 7.99. The summed E-state index contributed by atoms with van der Waals surface area (Å²) in [5.41, 5.74) is 2.32. The van der Waals surface area contributed by atoms with Crippen molar-refractivity contribution in [1.29, 1.82) is 0 Å². The summed E-state index contributed by atoms with van der Waals surface area (Å²) in [5, 5.41) is 4.97. The number of hydrogen-bond acceptors (Lipinski definition) is 2. The first-order valence-corrected chi connectivity index (χ1v) is 7.99. The van der Waals surface area contributed by atoms with Crippen LogP contribution in [0.4, 0.5) is 0 Å². The van der Waals surface area contributed by atoms with Crippen LogP contribution in [0.2, 0.25) is 0 Å². The number of fused-ring (bicyclic) bond motifs is 1. The second-order valence-electron chi connectivity index (χ2n) is 6.13. The number of hydrogen-bond donors (Lipinski definition) is 2. The van der Waals surface area contributed by atoms with Crippen molar-refractivity contribution in [2.24, 2.45) is 5.92 Å². The van der Waals surface area contributed by atoms with E-state index >= 15 is 0 Å². The molecular formula is C17H25N3. The SMILES string of the molecule is C[C@@H](NCc1c[nH]c2ncccc12)C1CCCCCC1. The maximum Gasteiger partial charge on any atom is 0.137 e. The average Bonchev–Trinajstić information content (AvgIpc) is 2.70. The van der Waals surface area contributed by atoms with E-state index in [1.54, 1.807) is 0 Å². The molecule has 1 aliphatic carbocycles. The van der Waals surface area contributed by atoms with Crippen LogP contribution < -0.4 is 5.32 Å². The fraction of sp³-hybridized carbons (Fsp3) is 0.588. The predicted octanol–water partition coefficient (Wildman–Crippen LogP) is 4.01. The number of H-pyrrole nitrogens is 1. The normalized spacial score (nSPS) is 19.1. The molecule has 0 spiro atoms. The minimum atomic E-state index is 0.606. The average molecular weight is 271 g/mol. The molecule has 0 saturated heterocycles. The van der Waals surface area contributed by atoms with Gasteiger partial charge in [0.05, 0.1) is 0 Å². The van der Waals surface area contributed by atoms with Crippen LogP contribution in [0.25, 0.3) is 11.0 Å². The molecule has 2 aromatic heterocycles. The molecule has 1 fully saturated rings. The van der Waals surface area contributed by atoms with Gasteiger partial charge in [0.15, 0.2) is 0 Å². The molecule has 3 rings (SSSR count). The molecule has 3 heteroatoms. The third-order valence-corrected chi connectivity index (χ3v) is 4.76. The van der Waals surface area contributed by atoms with Crippen molar-refractivity contribution >= 4 is 11.0 Å². The zero-order chi connectivity index (χ0) is 13.8. The first-order chi connectivity index (χ1) is 9.84. The van der Waals surface area contributed by atoms with Gasteiger partial charge in [-0.25, -0.2) is 4.98 Å². The van der Waals surface area contributed by atoms with Crippen LogP contribution in [-0.2, 0) is 6.54 Å². The van der Waals surface area contributed by atoms with E-state index in [4.69, 9.17) is 0 Å². The Labute approximate surface area is 121 Å². The molecule has 20 heavy (non-hydrogen) atoms. The van der Waals surface area contributed by atoms with E-state index in [9.17, 15) is 0 Å². The topological polar surface area (TPSA) is 40.7 Å². The third kappa shape index (κ3) is 3.04. The van der Waals surface area contributed by atoms with Crippen LogP contribution >= 0.6 is 0 Å². The number of aromatic amines is 1. The molecule has 2 N–H and O–H groups in total. The van der Waals surface area contributed by atoms with Crippen LogP contribution in [0.3, 0.4) is 0 Å². The quantitative estimate of drug-likeness (QED) is 0.825. The smallest absolute Gasteiger partial charge is 0.137 e. The van der Waals surface area contributed by atoms with Crippen LogP contribution in [0.15, 0.2) is 24.5 Å². The predicted molar refractivity (Wildman–Crippen MR) is 83.6 cm³/mol. The van der Waals surface area contributed by atoms with Gasteiger partial charge in [0.2, 0.25) is 0 Å². The monoisotopic (exact) mass is 271 g/mol. The van der Waals surface area contributed by atoms with Crippen LogP contribution in [0, 0.1) is 5.92 Å². The van der Waals surface area contributed by atoms with Gasteiger partial charge in [-0.15, -0.1) is 0 Å². The maximum atomic E-state index is 4.35. The number of nitrogens with one attached hydrogen (secondary N) is 2. The second kappa shape index (κ2) is 6.40. The number of aromatic nitrogens is 2. The number of rotatable bonds is 4. The molecule has 108 valence electrons. The Morgan fingerprint density at radius 1 is 1.30 bits per heavy atom. The molecule has 0 aliphatic heterocycles. The highest BCUT2D eigenvalue weighted by molar-refractivity contribution is 5.79. The van der Waals surface area contributed by atoms with Crippen LogP contribution in [0.5, 0.6) is 0 Å². The Bertz CT molecular complexity index is 538. The number of pyridine rings is 1. The molecule has 2 heterocycles. The summed E-state index contributed by atoms with van der Waals surface area (Å²) in [7, 11) is 0. The Morgan fingerprint density at radius 3 is 2.90 bits per heavy atom. The molecule has 0 bridgehead atoms. The Balaban J connectivity index is 1.60. The van der Waals surface area contributed by atoms with Crippen molar-refractivity contribution in [2.45, 2.75) is 58.0 Å². The van der Waals surface area contributed by atoms with E-state index in [2.05, 4.69) is 34.5 Å². The zero-order valence-electron chi connectivity index (χ0n) is 12.4. The summed E-state index contributed by atoms with van der Waals surface area (Å²) in [5.74, 6) is 0.848. The molecular weight excluding hydrogens is 246 g/mol. The fourth-order valence-corrected chi connectivity index (χ4v) is 3.41. The van der Waals surface area contributed by atoms with Crippen molar-refractivity contribution in [3.8, 4) is 0 Å². The third-order valence-electron chi connectivity index (χ3n) is 4.76. The maximum absolute atomic E-state index is 4.35. The van der Waals surface area contributed by atoms with Crippen molar-refractivity contribution in [2.75, 3.05) is 0 Å². The second-order valence-corrected chi connectivity index (χ2v) is 6.13. The van der Waals surface area contributed by atoms with Gasteiger partial charge in [0.1, 0.15) is 5.65 Å². The van der Waals surface area contributed by atoms with Gasteiger partial charge in [-0.2, -0.15) is 0 Å². The molecule has 0 unspecified atom stereocenters. The molecule has 0 radical (unpaired) electrons. The Morgan fingerprint density at radius 2 is 2.10 bits per heavy atom. The molecule has 1 saturated carbocycles. The van der Waals surface area contributed by atoms with Crippen molar-refractivity contribution < 1.29 is 0 Å². The Kier molecular flexibility index (Phi) is 4.36. The highest BCUT2D eigenvalue weighted by Gasteiger charge is 2.18. The van der Waals surface area contributed by atoms with Crippen molar-refractivity contribution in [3.05, 3.63) is 30.1 Å². The summed E-state index contributed by atoms with van der Waals surface area (Å²) in [4.78, 5) is 7.60. The lowest BCUT2D eigenvalue weighted by molar-refractivity contribution is 0.337. The molecule has 1 atom stereocenters. The van der Waals surface area contributed by atoms with E-state index in [-0.39, 0.29) is 0 Å². The highest BCUT2D eigenvalue weighted by atomic mass is 14.9. The van der Waals surface area contributed by atoms with Gasteiger partial charge < -0.3 is 10.3 Å². The zero-order valence-corrected chi connectivity index (χ0v) is 12.4. The summed E-state index contributed by atoms with van der Waals surface area (Å²) in [6.45, 7) is 3.28. The van der Waals surface area contributed by atoms with Crippen LogP contribution in [0.1, 0.15) is 51.0 Å². The van der Waals surface area contributed by atoms with E-state index in [0.29, 0.717) is 6.04 Å². The van der Waals surface area contributed by atoms with E-state index in [1.807, 2.05) is 12.3 Å². The molecule has 2 aromatic rings. The van der Waals surface area contributed by atoms with Crippen LogP contribution in [-0.4, -0.2) is 16.0 Å². The van der Waals surface area contributed by atoms with Gasteiger partial charge in [-0.3, -0.25) is 0 Å². The summed E-state index contributed by atoms with van der Waals surface area (Å²) in [6.07, 6.45) is 12.4. The number of nitrogens with zero attached hydrogens (tertiary/aromatic N) is 1. The molecule has 0 amide bonds. The Hall–Kier alpha value is -1.35. The summed E-state index contributed by atoms with van der Waals surface area (Å²) >= 11 is 0. The van der Waals surface area contributed by atoms with Gasteiger partial charge in [0, 0.05) is 30.4 Å². The lowest BCUT2D eigenvalue weighted by Gasteiger charge is -2.23. The standard InChI is InChI=1S/C17H25N3/c1-13(14-7-4-2-3-5-8-14)19-11-15-12-20-17-16(15)9-6-10-18-17/h6,9-10,12-14,19H,2-5,7-8,11H2,1H3,(H,18,20)/t13-/m1/s1. The van der Waals surface area contributed by atoms with Gasteiger partial charge in [-0.1, -0.05) is 25.7 Å². The van der Waals surface area contributed by atoms with E-state index in [1.165, 1.54) is 49.5 Å². The minimum absolute atomic E-state index is 0.606. The molecule has 1 aliphatic rings. The minimum Gasteiger partial charge on any atom is -0.346 e. The summed E-state index contributed by atoms with van der Waals surface area (Å²) in [6, 6.07) is 4.76. The molecule has 3 nitrogen and oxygen atoms in total. The van der Waals surface area contributed by atoms with Crippen molar-refractivity contribution in [3.63, 3.8) is 0 Å². The lowest BCUT2D eigenvalue weighted by Crippen LogP contribution is -2.32. The summed E-state index contributed by atoms with van der Waals surface area (Å²) < 4.78 is 0. The molecule has 0 aromatic carbocycles. The van der Waals surface area contributed by atoms with E-state index in [0.717, 1.165) is 18.1 Å². The lowest BCUT2D eigenvalue weighted by atomic mass is 9.93. The van der Waals surface area contributed by atoms with Gasteiger partial charge >= 0.3 is 0 Å². The highest BCUT2D eigenvalue weighted by Crippen LogP contribution is 2.26. The first kappa shape index (κ1) is 13.6.